The number of anilines is 9. The van der Waals surface area contributed by atoms with Crippen LogP contribution in [0.15, 0.2) is 315 Å². The first kappa shape index (κ1) is 49.6. The standard InChI is InChI=1S/C76H56N8/c77-75(83-69-41-23-20-38-63(69)66-50-60(44-47-72(66)83)80(55-29-11-3-12-30-55)56-31-13-4-14-32-56)52-74(82-68-40-22-19-37-62(68)65-49-59(43-46-71(65)82)79(53-25-7-1-8-26-53)54-27-9-2-10-28-54)76(78)84-70-42-24-21-39-64(70)67-51-61(45-48-73(67)84)81(57-33-15-5-16-34-57)58-35-17-6-18-36-58/h1-52H,77-78H2/b75-52+,76-74-. The van der Waals surface area contributed by atoms with Crippen LogP contribution in [0, 0.1) is 0 Å². The van der Waals surface area contributed by atoms with Gasteiger partial charge in [-0.2, -0.15) is 0 Å². The van der Waals surface area contributed by atoms with Gasteiger partial charge in [0.15, 0.2) is 0 Å². The molecule has 8 heteroatoms. The molecule has 3 heterocycles. The van der Waals surface area contributed by atoms with E-state index in [1.54, 1.807) is 0 Å². The minimum atomic E-state index is 0.501. The molecule has 12 aromatic carbocycles. The number of hydrogen-bond donors (Lipinski definition) is 2. The summed E-state index contributed by atoms with van der Waals surface area (Å²) in [7, 11) is 0. The molecule has 15 aromatic rings. The van der Waals surface area contributed by atoms with E-state index in [0.29, 0.717) is 17.3 Å². The normalized spacial score (nSPS) is 12.2. The van der Waals surface area contributed by atoms with Gasteiger partial charge in [-0.15, -0.1) is 0 Å². The molecule has 84 heavy (non-hydrogen) atoms. The SMILES string of the molecule is N/C(=C(\C=C(/N)n1c2ccccc2c2cc(N(c3ccccc3)c3ccccc3)ccc21)n1c2ccccc2c2cc(N(c3ccccc3)c3ccccc3)ccc21)n1c2ccccc2c2cc(N(c3ccccc3)c3ccccc3)ccc21. The molecule has 3 aromatic heterocycles. The van der Waals surface area contributed by atoms with Crippen molar-refractivity contribution in [3.05, 3.63) is 315 Å². The predicted molar refractivity (Wildman–Crippen MR) is 354 cm³/mol. The fourth-order valence-electron chi connectivity index (χ4n) is 12.5. The number of rotatable bonds is 13. The molecule has 400 valence electrons. The van der Waals surface area contributed by atoms with Gasteiger partial charge < -0.3 is 30.7 Å². The van der Waals surface area contributed by atoms with Gasteiger partial charge in [-0.3, -0.25) is 9.13 Å². The Balaban J connectivity index is 0.985. The van der Waals surface area contributed by atoms with Gasteiger partial charge in [0.2, 0.25) is 0 Å². The number of aromatic nitrogens is 3. The molecule has 4 N–H and O–H groups in total. The number of hydrogen-bond acceptors (Lipinski definition) is 5. The van der Waals surface area contributed by atoms with Crippen LogP contribution in [0.4, 0.5) is 51.2 Å². The van der Waals surface area contributed by atoms with Gasteiger partial charge in [-0.05, 0) is 146 Å². The average Bonchev–Trinajstić information content (AvgIpc) is 2.31. The highest BCUT2D eigenvalue weighted by molar-refractivity contribution is 6.16. The van der Waals surface area contributed by atoms with Crippen molar-refractivity contribution in [1.82, 2.24) is 13.7 Å². The van der Waals surface area contributed by atoms with E-state index in [9.17, 15) is 0 Å². The third-order valence-electron chi connectivity index (χ3n) is 16.1. The summed E-state index contributed by atoms with van der Waals surface area (Å²) in [6, 6.07) is 109. The van der Waals surface area contributed by atoms with Crippen LogP contribution < -0.4 is 26.2 Å². The van der Waals surface area contributed by atoms with E-state index in [2.05, 4.69) is 344 Å². The first-order valence-corrected chi connectivity index (χ1v) is 28.3. The highest BCUT2D eigenvalue weighted by Gasteiger charge is 2.25. The highest BCUT2D eigenvalue weighted by Crippen LogP contribution is 2.45. The lowest BCUT2D eigenvalue weighted by Gasteiger charge is -2.25. The highest BCUT2D eigenvalue weighted by atomic mass is 15.2. The van der Waals surface area contributed by atoms with Crippen LogP contribution >= 0.6 is 0 Å². The van der Waals surface area contributed by atoms with E-state index in [1.807, 2.05) is 0 Å². The van der Waals surface area contributed by atoms with Crippen LogP contribution in [0.25, 0.3) is 82.8 Å². The number of allylic oxidation sites excluding steroid dienone is 2. The van der Waals surface area contributed by atoms with Crippen LogP contribution in [0.1, 0.15) is 0 Å². The molecule has 0 atom stereocenters. The van der Waals surface area contributed by atoms with Gasteiger partial charge in [0.25, 0.3) is 0 Å². The molecule has 8 nitrogen and oxygen atoms in total. The second-order valence-corrected chi connectivity index (χ2v) is 21.0. The lowest BCUT2D eigenvalue weighted by atomic mass is 10.1. The third kappa shape index (κ3) is 8.48. The second kappa shape index (κ2) is 20.9. The Kier molecular flexibility index (Phi) is 12.3. The van der Waals surface area contributed by atoms with Gasteiger partial charge in [0, 0.05) is 89.6 Å². The van der Waals surface area contributed by atoms with Crippen molar-refractivity contribution in [1.29, 1.82) is 0 Å². The Morgan fingerprint density at radius 3 is 0.821 bits per heavy atom. The molecule has 0 aliphatic rings. The van der Waals surface area contributed by atoms with Gasteiger partial charge in [-0.1, -0.05) is 164 Å². The van der Waals surface area contributed by atoms with Crippen molar-refractivity contribution in [2.75, 3.05) is 14.7 Å². The summed E-state index contributed by atoms with van der Waals surface area (Å²) in [4.78, 5) is 6.91. The third-order valence-corrected chi connectivity index (χ3v) is 16.1. The quantitative estimate of drug-likeness (QED) is 0.113. The topological polar surface area (TPSA) is 76.5 Å². The predicted octanol–water partition coefficient (Wildman–Crippen LogP) is 19.6. The molecule has 0 unspecified atom stereocenters. The van der Waals surface area contributed by atoms with Crippen molar-refractivity contribution < 1.29 is 0 Å². The van der Waals surface area contributed by atoms with Gasteiger partial charge >= 0.3 is 0 Å². The number of benzene rings is 12. The molecule has 0 aliphatic carbocycles. The largest absolute Gasteiger partial charge is 0.385 e. The first-order chi connectivity index (χ1) is 41.6. The molecule has 0 bridgehead atoms. The van der Waals surface area contributed by atoms with Gasteiger partial charge in [0.05, 0.1) is 38.8 Å². The smallest absolute Gasteiger partial charge is 0.133 e. The summed E-state index contributed by atoms with van der Waals surface area (Å²) in [6.45, 7) is 0. The molecule has 0 aliphatic heterocycles. The molecule has 15 rings (SSSR count). The van der Waals surface area contributed by atoms with Crippen LogP contribution in [-0.2, 0) is 0 Å². The second-order valence-electron chi connectivity index (χ2n) is 21.0. The van der Waals surface area contributed by atoms with Crippen molar-refractivity contribution in [2.24, 2.45) is 11.5 Å². The van der Waals surface area contributed by atoms with Crippen molar-refractivity contribution in [2.45, 2.75) is 0 Å². The fraction of sp³-hybridized carbons (Fsp3) is 0. The van der Waals surface area contributed by atoms with Gasteiger partial charge in [0.1, 0.15) is 11.6 Å². The monoisotopic (exact) mass is 1080 g/mol. The summed E-state index contributed by atoms with van der Waals surface area (Å²) < 4.78 is 6.70. The maximum Gasteiger partial charge on any atom is 0.133 e. The van der Waals surface area contributed by atoms with Crippen LogP contribution in [-0.4, -0.2) is 13.7 Å². The number of fused-ring (bicyclic) bond motifs is 9. The minimum Gasteiger partial charge on any atom is -0.385 e. The Morgan fingerprint density at radius 2 is 0.488 bits per heavy atom. The van der Waals surface area contributed by atoms with E-state index < -0.39 is 0 Å². The minimum absolute atomic E-state index is 0.501. The number of nitrogens with two attached hydrogens (primary N) is 2. The molecular weight excluding hydrogens is 1020 g/mol. The lowest BCUT2D eigenvalue weighted by molar-refractivity contribution is 1.12. The molecule has 0 radical (unpaired) electrons. The molecule has 0 spiro atoms. The Bertz CT molecular complexity index is 4850. The average molecular weight is 1080 g/mol. The van der Waals surface area contributed by atoms with E-state index in [1.165, 1.54) is 0 Å². The van der Waals surface area contributed by atoms with Crippen LogP contribution in [0.5, 0.6) is 0 Å². The van der Waals surface area contributed by atoms with E-state index in [-0.39, 0.29) is 0 Å². The van der Waals surface area contributed by atoms with Crippen molar-refractivity contribution in [3.63, 3.8) is 0 Å². The summed E-state index contributed by atoms with van der Waals surface area (Å²) in [6.07, 6.45) is 2.08. The Hall–Kier alpha value is -11.5. The number of para-hydroxylation sites is 9. The van der Waals surface area contributed by atoms with Crippen LogP contribution in [0.3, 0.4) is 0 Å². The number of nitrogens with zero attached hydrogens (tertiary/aromatic N) is 6. The maximum atomic E-state index is 8.08. The van der Waals surface area contributed by atoms with Crippen molar-refractivity contribution in [3.8, 4) is 0 Å². The fourth-order valence-corrected chi connectivity index (χ4v) is 12.5. The molecule has 0 saturated carbocycles. The summed E-state index contributed by atoms with van der Waals surface area (Å²) >= 11 is 0. The Labute approximate surface area is 486 Å². The zero-order valence-corrected chi connectivity index (χ0v) is 45.9. The summed E-state index contributed by atoms with van der Waals surface area (Å²) in [5, 5.41) is 6.42. The zero-order chi connectivity index (χ0) is 56.1. The van der Waals surface area contributed by atoms with Gasteiger partial charge in [-0.25, -0.2) is 0 Å². The Morgan fingerprint density at radius 1 is 0.238 bits per heavy atom. The molecule has 0 amide bonds. The zero-order valence-electron chi connectivity index (χ0n) is 45.9. The first-order valence-electron chi connectivity index (χ1n) is 28.3. The molecule has 0 saturated heterocycles. The van der Waals surface area contributed by atoms with E-state index in [4.69, 9.17) is 11.5 Å². The van der Waals surface area contributed by atoms with Crippen molar-refractivity contribution >= 4 is 134 Å². The maximum absolute atomic E-state index is 8.08. The van der Waals surface area contributed by atoms with E-state index >= 15 is 0 Å². The summed E-state index contributed by atoms with van der Waals surface area (Å²) in [5.41, 5.74) is 31.9. The molecular formula is C76H56N8. The lowest BCUT2D eigenvalue weighted by Crippen LogP contribution is -2.15. The van der Waals surface area contributed by atoms with E-state index in [0.717, 1.165) is 117 Å². The summed E-state index contributed by atoms with van der Waals surface area (Å²) in [5.74, 6) is 1.01. The molecule has 0 fully saturated rings. The van der Waals surface area contributed by atoms with Crippen LogP contribution in [0.2, 0.25) is 0 Å².